The Hall–Kier alpha value is -0.770. The van der Waals surface area contributed by atoms with Crippen LogP contribution in [-0.2, 0) is 11.2 Å². The molecule has 1 saturated heterocycles. The number of likely N-dealkylation sites (N-methyl/N-ethyl adjacent to an activating group) is 1. The SMILES string of the molecule is CN(C(=O)Cc1ccc(Cl)c(Cl)c1)[C@@H]1CC(C)(C)CC[C@H]1N1CCCC1. The molecule has 2 aliphatic rings. The number of benzene rings is 1. The van der Waals surface area contributed by atoms with Crippen LogP contribution in [0.1, 0.15) is 51.5 Å². The molecule has 0 N–H and O–H groups in total. The number of likely N-dealkylation sites (tertiary alicyclic amines) is 1. The van der Waals surface area contributed by atoms with Crippen LogP contribution in [0.2, 0.25) is 10.0 Å². The van der Waals surface area contributed by atoms with Gasteiger partial charge in [0.15, 0.2) is 0 Å². The molecule has 1 aromatic rings. The van der Waals surface area contributed by atoms with Crippen LogP contribution in [0.4, 0.5) is 0 Å². The van der Waals surface area contributed by atoms with Gasteiger partial charge in [0.1, 0.15) is 0 Å². The molecular formula is C21H30Cl2N2O. The van der Waals surface area contributed by atoms with Crippen LogP contribution >= 0.6 is 23.2 Å². The summed E-state index contributed by atoms with van der Waals surface area (Å²) in [5, 5.41) is 1.03. The molecule has 0 aromatic heterocycles. The molecule has 1 heterocycles. The highest BCUT2D eigenvalue weighted by molar-refractivity contribution is 6.42. The number of nitrogens with zero attached hydrogens (tertiary/aromatic N) is 2. The van der Waals surface area contributed by atoms with Gasteiger partial charge in [0, 0.05) is 19.1 Å². The van der Waals surface area contributed by atoms with Crippen LogP contribution in [0.25, 0.3) is 0 Å². The zero-order valence-electron chi connectivity index (χ0n) is 16.1. The minimum Gasteiger partial charge on any atom is -0.341 e. The van der Waals surface area contributed by atoms with Crippen molar-refractivity contribution in [2.45, 2.75) is 64.5 Å². The average Bonchev–Trinajstić information content (AvgIpc) is 3.11. The quantitative estimate of drug-likeness (QED) is 0.711. The van der Waals surface area contributed by atoms with Crippen molar-refractivity contribution < 1.29 is 4.79 Å². The van der Waals surface area contributed by atoms with Crippen molar-refractivity contribution in [1.82, 2.24) is 9.80 Å². The summed E-state index contributed by atoms with van der Waals surface area (Å²) in [5.74, 6) is 0.162. The summed E-state index contributed by atoms with van der Waals surface area (Å²) < 4.78 is 0. The predicted molar refractivity (Wildman–Crippen MR) is 109 cm³/mol. The molecule has 1 aliphatic heterocycles. The predicted octanol–water partition coefficient (Wildman–Crippen LogP) is 5.04. The number of carbonyl (C=O) groups excluding carboxylic acids is 1. The lowest BCUT2D eigenvalue weighted by Crippen LogP contribution is -2.56. The zero-order chi connectivity index (χ0) is 18.9. The van der Waals surface area contributed by atoms with Gasteiger partial charge in [-0.25, -0.2) is 0 Å². The molecule has 1 saturated carbocycles. The second-order valence-corrected chi connectivity index (χ2v) is 9.53. The number of carbonyl (C=O) groups is 1. The molecule has 0 bridgehead atoms. The van der Waals surface area contributed by atoms with Crippen molar-refractivity contribution in [1.29, 1.82) is 0 Å². The van der Waals surface area contributed by atoms with E-state index >= 15 is 0 Å². The van der Waals surface area contributed by atoms with Crippen molar-refractivity contribution >= 4 is 29.1 Å². The van der Waals surface area contributed by atoms with Crippen LogP contribution in [0, 0.1) is 5.41 Å². The second kappa shape index (κ2) is 8.08. The fraction of sp³-hybridized carbons (Fsp3) is 0.667. The van der Waals surface area contributed by atoms with E-state index in [9.17, 15) is 4.79 Å². The van der Waals surface area contributed by atoms with Crippen molar-refractivity contribution in [3.05, 3.63) is 33.8 Å². The maximum absolute atomic E-state index is 13.0. The topological polar surface area (TPSA) is 23.6 Å². The number of halogens is 2. The van der Waals surface area contributed by atoms with Gasteiger partial charge in [-0.3, -0.25) is 9.69 Å². The number of amides is 1. The van der Waals surface area contributed by atoms with Crippen LogP contribution in [0.5, 0.6) is 0 Å². The molecule has 1 amide bonds. The molecule has 3 rings (SSSR count). The van der Waals surface area contributed by atoms with Gasteiger partial charge in [0.2, 0.25) is 5.91 Å². The first-order valence-corrected chi connectivity index (χ1v) is 10.5. The lowest BCUT2D eigenvalue weighted by Gasteiger charge is -2.48. The highest BCUT2D eigenvalue weighted by atomic mass is 35.5. The molecule has 5 heteroatoms. The fourth-order valence-corrected chi connectivity index (χ4v) is 4.88. The summed E-state index contributed by atoms with van der Waals surface area (Å²) in [4.78, 5) is 17.6. The standard InChI is InChI=1S/C21H30Cl2N2O/c1-21(2)9-8-18(25-10-4-5-11-25)19(14-21)24(3)20(26)13-15-6-7-16(22)17(23)12-15/h6-7,12,18-19H,4-5,8-11,13-14H2,1-3H3/t18-,19-/m1/s1. The lowest BCUT2D eigenvalue weighted by atomic mass is 9.72. The van der Waals surface area contributed by atoms with Gasteiger partial charge in [-0.15, -0.1) is 0 Å². The van der Waals surface area contributed by atoms with Gasteiger partial charge in [0.05, 0.1) is 16.5 Å². The maximum atomic E-state index is 13.0. The van der Waals surface area contributed by atoms with Crippen molar-refractivity contribution in [2.24, 2.45) is 5.41 Å². The Morgan fingerprint density at radius 2 is 1.92 bits per heavy atom. The average molecular weight is 397 g/mol. The third kappa shape index (κ3) is 4.55. The van der Waals surface area contributed by atoms with Crippen molar-refractivity contribution in [3.63, 3.8) is 0 Å². The molecule has 2 atom stereocenters. The number of hydrogen-bond donors (Lipinski definition) is 0. The third-order valence-electron chi connectivity index (χ3n) is 6.16. The first-order valence-electron chi connectivity index (χ1n) is 9.70. The van der Waals surface area contributed by atoms with Gasteiger partial charge < -0.3 is 4.90 Å². The Morgan fingerprint density at radius 1 is 1.23 bits per heavy atom. The van der Waals surface area contributed by atoms with Gasteiger partial charge >= 0.3 is 0 Å². The largest absolute Gasteiger partial charge is 0.341 e. The van der Waals surface area contributed by atoms with Crippen molar-refractivity contribution in [2.75, 3.05) is 20.1 Å². The molecule has 0 spiro atoms. The first-order chi connectivity index (χ1) is 12.3. The Labute approximate surface area is 167 Å². The molecule has 1 aromatic carbocycles. The first kappa shape index (κ1) is 20.0. The minimum absolute atomic E-state index is 0.162. The summed E-state index contributed by atoms with van der Waals surface area (Å²) in [6.07, 6.45) is 6.43. The summed E-state index contributed by atoms with van der Waals surface area (Å²) in [6.45, 7) is 7.02. The minimum atomic E-state index is 0.162. The Morgan fingerprint density at radius 3 is 2.58 bits per heavy atom. The van der Waals surface area contributed by atoms with Gasteiger partial charge in [-0.2, -0.15) is 0 Å². The summed E-state index contributed by atoms with van der Waals surface area (Å²) in [5.41, 5.74) is 1.21. The fourth-order valence-electron chi connectivity index (χ4n) is 4.56. The second-order valence-electron chi connectivity index (χ2n) is 8.71. The Balaban J connectivity index is 1.73. The highest BCUT2D eigenvalue weighted by Gasteiger charge is 2.41. The van der Waals surface area contributed by atoms with Gasteiger partial charge in [-0.1, -0.05) is 43.1 Å². The molecule has 0 radical (unpaired) electrons. The summed E-state index contributed by atoms with van der Waals surface area (Å²) in [7, 11) is 1.98. The maximum Gasteiger partial charge on any atom is 0.227 e. The van der Waals surface area contributed by atoms with Gasteiger partial charge in [0.25, 0.3) is 0 Å². The van der Waals surface area contributed by atoms with E-state index in [1.165, 1.54) is 38.8 Å². The van der Waals surface area contributed by atoms with E-state index < -0.39 is 0 Å². The molecule has 2 fully saturated rings. The van der Waals surface area contributed by atoms with Crippen LogP contribution in [0.15, 0.2) is 18.2 Å². The van der Waals surface area contributed by atoms with Crippen molar-refractivity contribution in [3.8, 4) is 0 Å². The molecule has 3 nitrogen and oxygen atoms in total. The molecule has 1 aliphatic carbocycles. The van der Waals surface area contributed by atoms with E-state index in [1.807, 2.05) is 18.0 Å². The van der Waals surface area contributed by atoms with Crippen LogP contribution < -0.4 is 0 Å². The van der Waals surface area contributed by atoms with Crippen LogP contribution in [0.3, 0.4) is 0 Å². The summed E-state index contributed by atoms with van der Waals surface area (Å²) in [6, 6.07) is 6.24. The molecule has 26 heavy (non-hydrogen) atoms. The Bertz CT molecular complexity index is 655. The third-order valence-corrected chi connectivity index (χ3v) is 6.90. The smallest absolute Gasteiger partial charge is 0.227 e. The van der Waals surface area contributed by atoms with Crippen LogP contribution in [-0.4, -0.2) is 47.9 Å². The molecule has 144 valence electrons. The molecular weight excluding hydrogens is 367 g/mol. The van der Waals surface area contributed by atoms with Gasteiger partial charge in [-0.05, 0) is 68.3 Å². The highest BCUT2D eigenvalue weighted by Crippen LogP contribution is 2.40. The lowest BCUT2D eigenvalue weighted by molar-refractivity contribution is -0.134. The molecule has 0 unspecified atom stereocenters. The Kier molecular flexibility index (Phi) is 6.21. The van der Waals surface area contributed by atoms with E-state index in [2.05, 4.69) is 18.7 Å². The van der Waals surface area contributed by atoms with E-state index in [0.717, 1.165) is 12.0 Å². The number of hydrogen-bond acceptors (Lipinski definition) is 2. The van der Waals surface area contributed by atoms with E-state index in [1.54, 1.807) is 12.1 Å². The van der Waals surface area contributed by atoms with E-state index in [-0.39, 0.29) is 11.9 Å². The zero-order valence-corrected chi connectivity index (χ0v) is 17.6. The monoisotopic (exact) mass is 396 g/mol. The normalized spacial score (nSPS) is 26.0. The van der Waals surface area contributed by atoms with E-state index in [4.69, 9.17) is 23.2 Å². The summed E-state index contributed by atoms with van der Waals surface area (Å²) >= 11 is 12.1. The number of rotatable bonds is 4. The van der Waals surface area contributed by atoms with E-state index in [0.29, 0.717) is 27.9 Å².